The van der Waals surface area contributed by atoms with Crippen molar-refractivity contribution < 1.29 is 27.2 Å². The molecule has 1 aliphatic heterocycles. The zero-order valence-electron chi connectivity index (χ0n) is 19.8. The Hall–Kier alpha value is -2.95. The number of benzene rings is 2. The number of fused-ring (bicyclic) bond motifs is 1. The number of thiazole rings is 1. The topological polar surface area (TPSA) is 115 Å². The Kier molecular flexibility index (Phi) is 7.16. The largest absolute Gasteiger partial charge is 0.486 e. The molecule has 2 heterocycles. The van der Waals surface area contributed by atoms with E-state index in [1.165, 1.54) is 11.3 Å². The maximum atomic E-state index is 12.8. The van der Waals surface area contributed by atoms with E-state index in [1.807, 2.05) is 44.4 Å². The van der Waals surface area contributed by atoms with Crippen molar-refractivity contribution in [2.24, 2.45) is 5.41 Å². The molecule has 186 valence electrons. The average molecular weight is 517 g/mol. The molecule has 0 fully saturated rings. The Bertz CT molecular complexity index is 1310. The van der Waals surface area contributed by atoms with Gasteiger partial charge in [-0.1, -0.05) is 45.0 Å². The van der Waals surface area contributed by atoms with Crippen LogP contribution in [0.25, 0.3) is 11.3 Å². The summed E-state index contributed by atoms with van der Waals surface area (Å²) in [6, 6.07) is 12.3. The molecule has 10 heteroatoms. The molecule has 2 aromatic carbocycles. The Morgan fingerprint density at radius 2 is 1.74 bits per heavy atom. The summed E-state index contributed by atoms with van der Waals surface area (Å²) in [5.41, 5.74) is 2.49. The highest BCUT2D eigenvalue weighted by atomic mass is 32.2. The van der Waals surface area contributed by atoms with E-state index >= 15 is 0 Å². The highest BCUT2D eigenvalue weighted by Crippen LogP contribution is 2.36. The Morgan fingerprint density at radius 3 is 2.40 bits per heavy atom. The summed E-state index contributed by atoms with van der Waals surface area (Å²) in [5, 5.41) is 5.83. The summed E-state index contributed by atoms with van der Waals surface area (Å²) < 4.78 is 42.7. The molecular formula is C25H28N2O6S2. The first-order chi connectivity index (χ1) is 16.5. The fourth-order valence-corrected chi connectivity index (χ4v) is 5.07. The molecular weight excluding hydrogens is 488 g/mol. The molecule has 8 nitrogen and oxygen atoms in total. The first kappa shape index (κ1) is 25.2. The van der Waals surface area contributed by atoms with Crippen LogP contribution in [0.4, 0.5) is 0 Å². The second-order valence-corrected chi connectivity index (χ2v) is 11.8. The summed E-state index contributed by atoms with van der Waals surface area (Å²) in [6.07, 6.45) is 0.474. The standard InChI is InChI=1S/C25H28N2O6S2/c1-25(2,3)24(28)27-19(12-16-4-6-17(7-5-16)15-35(29,30)31)23-26-20(14-34-23)18-8-9-21-22(13-18)33-11-10-32-21/h4-9,13-14,19H,10-12,15H2,1-3H3,(H,27,28)(H,29,30,31)/t19-/m0/s1. The molecule has 4 rings (SSSR count). The van der Waals surface area contributed by atoms with Crippen molar-refractivity contribution in [2.45, 2.75) is 39.0 Å². The van der Waals surface area contributed by atoms with E-state index < -0.39 is 21.3 Å². The highest BCUT2D eigenvalue weighted by molar-refractivity contribution is 7.85. The minimum Gasteiger partial charge on any atom is -0.486 e. The van der Waals surface area contributed by atoms with Gasteiger partial charge in [-0.05, 0) is 35.7 Å². The van der Waals surface area contributed by atoms with Crippen LogP contribution in [0, 0.1) is 5.41 Å². The lowest BCUT2D eigenvalue weighted by Crippen LogP contribution is -2.38. The van der Waals surface area contributed by atoms with Crippen LogP contribution in [0.3, 0.4) is 0 Å². The van der Waals surface area contributed by atoms with Crippen LogP contribution in [0.1, 0.15) is 42.9 Å². The lowest BCUT2D eigenvalue weighted by atomic mass is 9.94. The molecule has 0 spiro atoms. The Balaban J connectivity index is 1.58. The van der Waals surface area contributed by atoms with E-state index in [0.29, 0.717) is 36.7 Å². The van der Waals surface area contributed by atoms with Gasteiger partial charge in [0.1, 0.15) is 24.0 Å². The number of nitrogens with one attached hydrogen (secondary N) is 1. The summed E-state index contributed by atoms with van der Waals surface area (Å²) in [6.45, 7) is 6.59. The molecule has 0 unspecified atom stereocenters. The third-order valence-electron chi connectivity index (χ3n) is 5.46. The van der Waals surface area contributed by atoms with Crippen molar-refractivity contribution in [3.63, 3.8) is 0 Å². The van der Waals surface area contributed by atoms with Gasteiger partial charge in [0.15, 0.2) is 11.5 Å². The van der Waals surface area contributed by atoms with Gasteiger partial charge < -0.3 is 14.8 Å². The van der Waals surface area contributed by atoms with Crippen molar-refractivity contribution in [2.75, 3.05) is 13.2 Å². The first-order valence-electron chi connectivity index (χ1n) is 11.2. The van der Waals surface area contributed by atoms with Gasteiger partial charge in [-0.3, -0.25) is 9.35 Å². The van der Waals surface area contributed by atoms with Gasteiger partial charge in [0, 0.05) is 16.4 Å². The number of hydrogen-bond acceptors (Lipinski definition) is 7. The highest BCUT2D eigenvalue weighted by Gasteiger charge is 2.27. The lowest BCUT2D eigenvalue weighted by molar-refractivity contribution is -0.129. The molecule has 1 aliphatic rings. The smallest absolute Gasteiger partial charge is 0.269 e. The number of nitrogens with zero attached hydrogens (tertiary/aromatic N) is 1. The predicted octanol–water partition coefficient (Wildman–Crippen LogP) is 4.42. The van der Waals surface area contributed by atoms with E-state index in [4.69, 9.17) is 19.0 Å². The third-order valence-corrected chi connectivity index (χ3v) is 7.11. The minimum atomic E-state index is -4.10. The molecule has 0 bridgehead atoms. The van der Waals surface area contributed by atoms with Gasteiger partial charge in [0.25, 0.3) is 10.1 Å². The molecule has 3 aromatic rings. The number of rotatable bonds is 7. The van der Waals surface area contributed by atoms with Gasteiger partial charge in [-0.2, -0.15) is 8.42 Å². The Morgan fingerprint density at radius 1 is 1.09 bits per heavy atom. The van der Waals surface area contributed by atoms with Gasteiger partial charge >= 0.3 is 0 Å². The number of carbonyl (C=O) groups is 1. The average Bonchev–Trinajstić information content (AvgIpc) is 3.28. The van der Waals surface area contributed by atoms with Gasteiger partial charge in [-0.25, -0.2) is 4.98 Å². The fraction of sp³-hybridized carbons (Fsp3) is 0.360. The van der Waals surface area contributed by atoms with E-state index in [9.17, 15) is 13.2 Å². The number of aromatic nitrogens is 1. The summed E-state index contributed by atoms with van der Waals surface area (Å²) in [7, 11) is -4.10. The number of hydrogen-bond donors (Lipinski definition) is 2. The van der Waals surface area contributed by atoms with Crippen molar-refractivity contribution in [3.05, 3.63) is 64.0 Å². The number of ether oxygens (including phenoxy) is 2. The van der Waals surface area contributed by atoms with Crippen LogP contribution in [0.5, 0.6) is 11.5 Å². The van der Waals surface area contributed by atoms with Crippen molar-refractivity contribution in [1.82, 2.24) is 10.3 Å². The first-order valence-corrected chi connectivity index (χ1v) is 13.7. The quantitative estimate of drug-likeness (QED) is 0.447. The fourth-order valence-electron chi connectivity index (χ4n) is 3.58. The van der Waals surface area contributed by atoms with E-state index in [0.717, 1.165) is 21.8 Å². The second kappa shape index (κ2) is 9.96. The molecule has 1 amide bonds. The molecule has 2 N–H and O–H groups in total. The Labute approximate surface area is 209 Å². The van der Waals surface area contributed by atoms with E-state index in [2.05, 4.69) is 5.32 Å². The van der Waals surface area contributed by atoms with Crippen LogP contribution >= 0.6 is 11.3 Å². The minimum absolute atomic E-state index is 0.0958. The van der Waals surface area contributed by atoms with Gasteiger partial charge in [-0.15, -0.1) is 11.3 Å². The van der Waals surface area contributed by atoms with Crippen molar-refractivity contribution >= 4 is 27.4 Å². The molecule has 1 atom stereocenters. The normalized spacial score (nSPS) is 14.4. The maximum absolute atomic E-state index is 12.8. The monoisotopic (exact) mass is 516 g/mol. The molecule has 0 saturated carbocycles. The zero-order valence-corrected chi connectivity index (χ0v) is 21.4. The van der Waals surface area contributed by atoms with E-state index in [1.54, 1.807) is 24.3 Å². The van der Waals surface area contributed by atoms with E-state index in [-0.39, 0.29) is 11.9 Å². The summed E-state index contributed by atoms with van der Waals surface area (Å²) >= 11 is 1.46. The maximum Gasteiger partial charge on any atom is 0.269 e. The summed E-state index contributed by atoms with van der Waals surface area (Å²) in [5.74, 6) is 0.860. The number of amides is 1. The SMILES string of the molecule is CC(C)(C)C(=O)N[C@@H](Cc1ccc(CS(=O)(=O)O)cc1)c1nc(-c2ccc3c(c2)OCCO3)cs1. The van der Waals surface area contributed by atoms with Gasteiger partial charge in [0.2, 0.25) is 5.91 Å². The van der Waals surface area contributed by atoms with Crippen LogP contribution in [-0.2, 0) is 27.1 Å². The molecule has 0 radical (unpaired) electrons. The molecule has 35 heavy (non-hydrogen) atoms. The second-order valence-electron chi connectivity index (χ2n) is 9.45. The zero-order chi connectivity index (χ0) is 25.2. The van der Waals surface area contributed by atoms with Crippen LogP contribution in [-0.4, -0.2) is 37.1 Å². The third kappa shape index (κ3) is 6.59. The van der Waals surface area contributed by atoms with Crippen molar-refractivity contribution in [3.8, 4) is 22.8 Å². The lowest BCUT2D eigenvalue weighted by Gasteiger charge is -2.23. The van der Waals surface area contributed by atoms with Crippen LogP contribution < -0.4 is 14.8 Å². The predicted molar refractivity (Wildman–Crippen MR) is 134 cm³/mol. The van der Waals surface area contributed by atoms with Crippen LogP contribution in [0.15, 0.2) is 47.8 Å². The molecule has 0 aliphatic carbocycles. The molecule has 1 aromatic heterocycles. The number of carbonyl (C=O) groups excluding carboxylic acids is 1. The van der Waals surface area contributed by atoms with Crippen LogP contribution in [0.2, 0.25) is 0 Å². The van der Waals surface area contributed by atoms with Crippen molar-refractivity contribution in [1.29, 1.82) is 0 Å². The molecule has 0 saturated heterocycles. The summed E-state index contributed by atoms with van der Waals surface area (Å²) in [4.78, 5) is 17.6. The van der Waals surface area contributed by atoms with Gasteiger partial charge in [0.05, 0.1) is 11.7 Å².